The topological polar surface area (TPSA) is 29.5 Å². The molecule has 0 rings (SSSR count). The summed E-state index contributed by atoms with van der Waals surface area (Å²) in [5.41, 5.74) is 0. The van der Waals surface area contributed by atoms with Crippen molar-refractivity contribution >= 4 is 12.6 Å². The van der Waals surface area contributed by atoms with E-state index < -0.39 is 0 Å². The van der Waals surface area contributed by atoms with Crippen molar-refractivity contribution in [2.75, 3.05) is 19.7 Å². The van der Waals surface area contributed by atoms with Crippen molar-refractivity contribution in [1.82, 2.24) is 0 Å². The zero-order chi connectivity index (χ0) is 6.12. The van der Waals surface area contributed by atoms with Crippen LogP contribution in [0.15, 0.2) is 0 Å². The van der Waals surface area contributed by atoms with E-state index in [9.17, 15) is 0 Å². The number of hydrogen-bond acceptors (Lipinski definition) is 3. The first kappa shape index (κ1) is 16.2. The Hall–Kier alpha value is 1.37. The molecule has 1 radical (unpaired) electrons. The Morgan fingerprint density at radius 1 is 1.75 bits per heavy atom. The number of aliphatic hydroxyl groups excluding tert-OH is 1. The molecule has 0 heterocycles. The summed E-state index contributed by atoms with van der Waals surface area (Å²) in [6.07, 6.45) is 0. The standard InChI is InChI=1S/C3H7O.CH4OS.Y/c1-3-4-2;2-1-3;/h1,3H2,2H3;2-3H,1H2;/q-1;;. The number of thiol groups is 1. The Morgan fingerprint density at radius 3 is 1.88 bits per heavy atom. The predicted molar refractivity (Wildman–Crippen MR) is 33.3 cm³/mol. The zero-order valence-electron chi connectivity index (χ0n) is 5.00. The minimum Gasteiger partial charge on any atom is -0.417 e. The first-order valence-corrected chi connectivity index (χ1v) is 2.46. The van der Waals surface area contributed by atoms with Crippen LogP contribution in [0.1, 0.15) is 0 Å². The molecule has 0 aliphatic carbocycles. The summed E-state index contributed by atoms with van der Waals surface area (Å²) >= 11 is 3.34. The molecule has 2 nitrogen and oxygen atoms in total. The maximum absolute atomic E-state index is 7.43. The summed E-state index contributed by atoms with van der Waals surface area (Å²) in [5, 5.41) is 7.43. The third-order valence-electron chi connectivity index (χ3n) is 0.204. The second-order valence-corrected chi connectivity index (χ2v) is 0.917. The van der Waals surface area contributed by atoms with Crippen LogP contribution in [-0.2, 0) is 37.4 Å². The fourth-order valence-corrected chi connectivity index (χ4v) is 0. The molecule has 0 fully saturated rings. The Labute approximate surface area is 81.3 Å². The molecule has 0 saturated heterocycles. The minimum atomic E-state index is -0.0556. The number of aliphatic hydroxyl groups is 1. The van der Waals surface area contributed by atoms with E-state index in [0.717, 1.165) is 0 Å². The van der Waals surface area contributed by atoms with Gasteiger partial charge in [0.2, 0.25) is 0 Å². The molecular formula is C4H11O2SY-. The zero-order valence-corrected chi connectivity index (χ0v) is 8.73. The van der Waals surface area contributed by atoms with Gasteiger partial charge in [-0.15, -0.1) is 0 Å². The average Bonchev–Trinajstić information content (AvgIpc) is 1.69. The molecule has 8 heavy (non-hydrogen) atoms. The van der Waals surface area contributed by atoms with Crippen LogP contribution in [0.3, 0.4) is 0 Å². The van der Waals surface area contributed by atoms with Gasteiger partial charge in [0.15, 0.2) is 0 Å². The van der Waals surface area contributed by atoms with Gasteiger partial charge in [0.25, 0.3) is 0 Å². The van der Waals surface area contributed by atoms with E-state index in [0.29, 0.717) is 6.61 Å². The van der Waals surface area contributed by atoms with Gasteiger partial charge in [-0.1, -0.05) is 6.61 Å². The first-order valence-electron chi connectivity index (χ1n) is 1.83. The van der Waals surface area contributed by atoms with E-state index in [1.807, 2.05) is 0 Å². The molecule has 4 heteroatoms. The normalized spacial score (nSPS) is 6.00. The number of hydrogen-bond donors (Lipinski definition) is 2. The third kappa shape index (κ3) is 53.2. The van der Waals surface area contributed by atoms with Crippen molar-refractivity contribution in [3.8, 4) is 0 Å². The smallest absolute Gasteiger partial charge is 0.0857 e. The molecule has 0 aromatic carbocycles. The van der Waals surface area contributed by atoms with Crippen LogP contribution in [-0.4, -0.2) is 24.8 Å². The quantitative estimate of drug-likeness (QED) is 0.372. The predicted octanol–water partition coefficient (Wildman–Crippen LogP) is 0.330. The molecule has 0 aliphatic rings. The van der Waals surface area contributed by atoms with Gasteiger partial charge in [0, 0.05) is 39.8 Å². The van der Waals surface area contributed by atoms with E-state index in [1.54, 1.807) is 7.11 Å². The van der Waals surface area contributed by atoms with E-state index in [1.165, 1.54) is 0 Å². The van der Waals surface area contributed by atoms with Crippen molar-refractivity contribution < 1.29 is 42.6 Å². The van der Waals surface area contributed by atoms with Crippen LogP contribution in [0.25, 0.3) is 0 Å². The molecule has 0 unspecified atom stereocenters. The van der Waals surface area contributed by atoms with Crippen molar-refractivity contribution in [2.45, 2.75) is 0 Å². The molecule has 49 valence electrons. The summed E-state index contributed by atoms with van der Waals surface area (Å²) in [7, 11) is 1.62. The Kier molecular flexibility index (Phi) is 48.1. The Bertz CT molecular complexity index is 21.5. The fraction of sp³-hybridized carbons (Fsp3) is 0.750. The third-order valence-corrected chi connectivity index (χ3v) is 0.204. The summed E-state index contributed by atoms with van der Waals surface area (Å²) in [6.45, 7) is 3.95. The first-order chi connectivity index (χ1) is 3.33. The van der Waals surface area contributed by atoms with Gasteiger partial charge in [-0.3, -0.25) is 0 Å². The van der Waals surface area contributed by atoms with Crippen LogP contribution >= 0.6 is 12.6 Å². The van der Waals surface area contributed by atoms with Gasteiger partial charge in [-0.05, 0) is 0 Å². The molecule has 0 amide bonds. The monoisotopic (exact) mass is 212 g/mol. The van der Waals surface area contributed by atoms with Crippen molar-refractivity contribution in [1.29, 1.82) is 0 Å². The van der Waals surface area contributed by atoms with Gasteiger partial charge < -0.3 is 16.8 Å². The van der Waals surface area contributed by atoms with Crippen molar-refractivity contribution in [3.05, 3.63) is 6.92 Å². The summed E-state index contributed by atoms with van der Waals surface area (Å²) in [5.74, 6) is -0.0556. The second kappa shape index (κ2) is 23.8. The number of methoxy groups -OCH3 is 1. The van der Waals surface area contributed by atoms with E-state index in [-0.39, 0.29) is 38.6 Å². The summed E-state index contributed by atoms with van der Waals surface area (Å²) < 4.78 is 4.43. The van der Waals surface area contributed by atoms with Crippen molar-refractivity contribution in [2.24, 2.45) is 0 Å². The van der Waals surface area contributed by atoms with Crippen LogP contribution in [0.2, 0.25) is 0 Å². The second-order valence-electron chi connectivity index (χ2n) is 0.634. The number of ether oxygens (including phenoxy) is 1. The van der Waals surface area contributed by atoms with Gasteiger partial charge in [-0.25, -0.2) is 0 Å². The Balaban J connectivity index is -0.0000000575. The van der Waals surface area contributed by atoms with Crippen LogP contribution in [0.5, 0.6) is 0 Å². The number of rotatable bonds is 1. The van der Waals surface area contributed by atoms with Crippen LogP contribution in [0.4, 0.5) is 0 Å². The molecule has 1 N–H and O–H groups in total. The van der Waals surface area contributed by atoms with Crippen LogP contribution < -0.4 is 0 Å². The molecule has 0 aromatic rings. The fourth-order valence-electron chi connectivity index (χ4n) is 0. The molecular weight excluding hydrogens is 201 g/mol. The van der Waals surface area contributed by atoms with Gasteiger partial charge in [0.05, 0.1) is 5.94 Å². The van der Waals surface area contributed by atoms with Gasteiger partial charge in [-0.2, -0.15) is 12.6 Å². The maximum Gasteiger partial charge on any atom is 0.0857 e. The van der Waals surface area contributed by atoms with Gasteiger partial charge >= 0.3 is 0 Å². The Morgan fingerprint density at radius 2 is 1.88 bits per heavy atom. The van der Waals surface area contributed by atoms with E-state index in [2.05, 4.69) is 24.3 Å². The molecule has 0 bridgehead atoms. The largest absolute Gasteiger partial charge is 0.417 e. The van der Waals surface area contributed by atoms with Gasteiger partial charge in [0.1, 0.15) is 0 Å². The molecule has 0 aliphatic heterocycles. The minimum absolute atomic E-state index is 0. The van der Waals surface area contributed by atoms with E-state index >= 15 is 0 Å². The van der Waals surface area contributed by atoms with E-state index in [4.69, 9.17) is 5.11 Å². The average molecular weight is 212 g/mol. The molecule has 0 saturated carbocycles. The van der Waals surface area contributed by atoms with Crippen LogP contribution in [0, 0.1) is 6.92 Å². The maximum atomic E-state index is 7.43. The SMILES string of the molecule is OCS.[CH2-]COC.[Y]. The molecule has 0 atom stereocenters. The summed E-state index contributed by atoms with van der Waals surface area (Å²) in [4.78, 5) is 0. The van der Waals surface area contributed by atoms with Crippen molar-refractivity contribution in [3.63, 3.8) is 0 Å². The molecule has 0 aromatic heterocycles. The molecule has 0 spiro atoms. The summed E-state index contributed by atoms with van der Waals surface area (Å²) in [6, 6.07) is 0.